The molecule has 1 fully saturated rings. The lowest BCUT2D eigenvalue weighted by Gasteiger charge is -2.39. The molecule has 1 saturated heterocycles. The molecule has 1 aromatic heterocycles. The number of phenolic OH excluding ortho intramolecular Hbond substituents is 1. The second-order valence-electron chi connectivity index (χ2n) is 7.18. The van der Waals surface area contributed by atoms with Crippen LogP contribution in [-0.2, 0) is 17.6 Å². The first-order valence-corrected chi connectivity index (χ1v) is 9.19. The van der Waals surface area contributed by atoms with Gasteiger partial charge < -0.3 is 39.4 Å². The standard InChI is InChI=1S/C19H22O9/c20-7-14-15(22)16(23)17(24)19(28-14)27-13-6-12-10(5-11(13)21)8-3-1-2-4-9(8)18(25)26-12/h5-6,14-17,19-24H,1-4,7H2/t14-,15+,16+,17-,19-/m1/s1. The molecule has 1 aromatic carbocycles. The number of aryl methyl sites for hydroxylation is 1. The number of aliphatic hydroxyl groups excluding tert-OH is 4. The summed E-state index contributed by atoms with van der Waals surface area (Å²) >= 11 is 0. The molecule has 0 radical (unpaired) electrons. The summed E-state index contributed by atoms with van der Waals surface area (Å²) in [6.45, 7) is -0.602. The van der Waals surface area contributed by atoms with Gasteiger partial charge in [-0.3, -0.25) is 0 Å². The molecule has 9 heteroatoms. The van der Waals surface area contributed by atoms with Crippen LogP contribution in [0, 0.1) is 0 Å². The van der Waals surface area contributed by atoms with Crippen molar-refractivity contribution in [3.8, 4) is 11.5 Å². The summed E-state index contributed by atoms with van der Waals surface area (Å²) in [4.78, 5) is 12.3. The van der Waals surface area contributed by atoms with Gasteiger partial charge in [-0.25, -0.2) is 4.79 Å². The molecular formula is C19H22O9. The summed E-state index contributed by atoms with van der Waals surface area (Å²) < 4.78 is 16.1. The number of ether oxygens (including phenoxy) is 2. The van der Waals surface area contributed by atoms with Gasteiger partial charge in [-0.05, 0) is 37.3 Å². The number of hydrogen-bond donors (Lipinski definition) is 5. The average Bonchev–Trinajstić information content (AvgIpc) is 2.70. The molecule has 0 saturated carbocycles. The van der Waals surface area contributed by atoms with Crippen LogP contribution >= 0.6 is 0 Å². The molecule has 1 aliphatic carbocycles. The summed E-state index contributed by atoms with van der Waals surface area (Å²) in [7, 11) is 0. The number of phenols is 1. The number of aliphatic hydroxyl groups is 4. The highest BCUT2D eigenvalue weighted by Crippen LogP contribution is 2.37. The Morgan fingerprint density at radius 1 is 1.04 bits per heavy atom. The molecule has 0 amide bonds. The summed E-state index contributed by atoms with van der Waals surface area (Å²) in [6.07, 6.45) is -4.15. The van der Waals surface area contributed by atoms with E-state index in [2.05, 4.69) is 0 Å². The van der Waals surface area contributed by atoms with Gasteiger partial charge in [0.1, 0.15) is 30.0 Å². The normalized spacial score (nSPS) is 30.2. The molecule has 5 N–H and O–H groups in total. The van der Waals surface area contributed by atoms with Crippen molar-refractivity contribution in [3.05, 3.63) is 33.7 Å². The first-order valence-electron chi connectivity index (χ1n) is 9.19. The van der Waals surface area contributed by atoms with Gasteiger partial charge in [0.05, 0.1) is 6.61 Å². The zero-order chi connectivity index (χ0) is 20.0. The summed E-state index contributed by atoms with van der Waals surface area (Å²) in [5, 5.41) is 50.1. The highest BCUT2D eigenvalue weighted by molar-refractivity contribution is 5.85. The van der Waals surface area contributed by atoms with Crippen LogP contribution in [0.25, 0.3) is 11.0 Å². The Hall–Kier alpha value is -2.17. The fourth-order valence-corrected chi connectivity index (χ4v) is 3.84. The SMILES string of the molecule is O=c1oc2cc(O[C@@H]3O[C@H](CO)[C@H](O)[C@H](O)[C@H]3O)c(O)cc2c2c1CCCC2. The predicted molar refractivity (Wildman–Crippen MR) is 95.2 cm³/mol. The monoisotopic (exact) mass is 394 g/mol. The Balaban J connectivity index is 1.70. The van der Waals surface area contributed by atoms with E-state index in [9.17, 15) is 30.3 Å². The number of hydrogen-bond acceptors (Lipinski definition) is 9. The molecule has 5 atom stereocenters. The van der Waals surface area contributed by atoms with Crippen LogP contribution in [0.3, 0.4) is 0 Å². The fraction of sp³-hybridized carbons (Fsp3) is 0.526. The van der Waals surface area contributed by atoms with E-state index in [1.54, 1.807) is 0 Å². The Kier molecular flexibility index (Phi) is 5.02. The van der Waals surface area contributed by atoms with Crippen molar-refractivity contribution in [1.82, 2.24) is 0 Å². The molecule has 2 aliphatic rings. The summed E-state index contributed by atoms with van der Waals surface area (Å²) in [5.41, 5.74) is 1.28. The number of aromatic hydroxyl groups is 1. The van der Waals surface area contributed by atoms with Gasteiger partial charge in [0.25, 0.3) is 0 Å². The third-order valence-electron chi connectivity index (χ3n) is 5.39. The maximum absolute atomic E-state index is 12.3. The quantitative estimate of drug-likeness (QED) is 0.436. The molecule has 4 rings (SSSR count). The molecule has 152 valence electrons. The van der Waals surface area contributed by atoms with Crippen LogP contribution < -0.4 is 10.4 Å². The Labute approximate surface area is 159 Å². The van der Waals surface area contributed by atoms with Gasteiger partial charge in [0, 0.05) is 17.0 Å². The van der Waals surface area contributed by atoms with Crippen LogP contribution in [0.15, 0.2) is 21.3 Å². The number of benzene rings is 1. The van der Waals surface area contributed by atoms with E-state index in [4.69, 9.17) is 13.9 Å². The lowest BCUT2D eigenvalue weighted by atomic mass is 9.90. The summed E-state index contributed by atoms with van der Waals surface area (Å²) in [6, 6.07) is 2.75. The van der Waals surface area contributed by atoms with Crippen molar-refractivity contribution in [2.75, 3.05) is 6.61 Å². The molecule has 28 heavy (non-hydrogen) atoms. The highest BCUT2D eigenvalue weighted by atomic mass is 16.7. The first kappa shape index (κ1) is 19.2. The largest absolute Gasteiger partial charge is 0.504 e. The van der Waals surface area contributed by atoms with Crippen molar-refractivity contribution in [1.29, 1.82) is 0 Å². The van der Waals surface area contributed by atoms with Crippen LogP contribution in [0.1, 0.15) is 24.0 Å². The topological polar surface area (TPSA) is 150 Å². The minimum Gasteiger partial charge on any atom is -0.504 e. The molecular weight excluding hydrogens is 372 g/mol. The predicted octanol–water partition coefficient (Wildman–Crippen LogP) is -0.444. The van der Waals surface area contributed by atoms with Crippen molar-refractivity contribution in [2.24, 2.45) is 0 Å². The van der Waals surface area contributed by atoms with Crippen molar-refractivity contribution in [3.63, 3.8) is 0 Å². The van der Waals surface area contributed by atoms with Crippen LogP contribution in [0.5, 0.6) is 11.5 Å². The van der Waals surface area contributed by atoms with E-state index in [0.717, 1.165) is 18.4 Å². The van der Waals surface area contributed by atoms with Gasteiger partial charge in [-0.15, -0.1) is 0 Å². The third-order valence-corrected chi connectivity index (χ3v) is 5.39. The lowest BCUT2D eigenvalue weighted by molar-refractivity contribution is -0.277. The van der Waals surface area contributed by atoms with Crippen molar-refractivity contribution in [2.45, 2.75) is 56.4 Å². The van der Waals surface area contributed by atoms with Gasteiger partial charge in [0.15, 0.2) is 11.5 Å². The van der Waals surface area contributed by atoms with Gasteiger partial charge >= 0.3 is 5.63 Å². The molecule has 0 spiro atoms. The Morgan fingerprint density at radius 3 is 2.46 bits per heavy atom. The Bertz CT molecular complexity index is 935. The molecule has 0 bridgehead atoms. The second-order valence-corrected chi connectivity index (χ2v) is 7.18. The zero-order valence-corrected chi connectivity index (χ0v) is 14.9. The minimum absolute atomic E-state index is 0.129. The summed E-state index contributed by atoms with van der Waals surface area (Å²) in [5.74, 6) is -0.387. The van der Waals surface area contributed by atoms with Gasteiger partial charge in [-0.2, -0.15) is 0 Å². The lowest BCUT2D eigenvalue weighted by Crippen LogP contribution is -2.60. The molecule has 9 nitrogen and oxygen atoms in total. The van der Waals surface area contributed by atoms with Crippen molar-refractivity contribution >= 4 is 11.0 Å². The van der Waals surface area contributed by atoms with Crippen LogP contribution in [-0.4, -0.2) is 62.8 Å². The number of fused-ring (bicyclic) bond motifs is 3. The maximum atomic E-state index is 12.3. The third kappa shape index (κ3) is 3.15. The molecule has 1 aliphatic heterocycles. The molecule has 0 unspecified atom stereocenters. The minimum atomic E-state index is -1.62. The average molecular weight is 394 g/mol. The second kappa shape index (κ2) is 7.34. The Morgan fingerprint density at radius 2 is 1.75 bits per heavy atom. The van der Waals surface area contributed by atoms with Crippen molar-refractivity contribution < 1.29 is 39.4 Å². The van der Waals surface area contributed by atoms with E-state index in [-0.39, 0.29) is 17.1 Å². The molecule has 2 heterocycles. The molecule has 2 aromatic rings. The maximum Gasteiger partial charge on any atom is 0.339 e. The van der Waals surface area contributed by atoms with E-state index in [1.165, 1.54) is 12.1 Å². The van der Waals surface area contributed by atoms with Crippen LogP contribution in [0.2, 0.25) is 0 Å². The van der Waals surface area contributed by atoms with Gasteiger partial charge in [0.2, 0.25) is 6.29 Å². The van der Waals surface area contributed by atoms with E-state index in [0.29, 0.717) is 23.8 Å². The van der Waals surface area contributed by atoms with Crippen LogP contribution in [0.4, 0.5) is 0 Å². The van der Waals surface area contributed by atoms with Gasteiger partial charge in [-0.1, -0.05) is 0 Å². The zero-order valence-electron chi connectivity index (χ0n) is 14.9. The van der Waals surface area contributed by atoms with E-state index < -0.39 is 42.9 Å². The first-order chi connectivity index (χ1) is 13.4. The van der Waals surface area contributed by atoms with E-state index in [1.807, 2.05) is 0 Å². The number of rotatable bonds is 3. The smallest absolute Gasteiger partial charge is 0.339 e. The highest BCUT2D eigenvalue weighted by Gasteiger charge is 2.45. The fourth-order valence-electron chi connectivity index (χ4n) is 3.84. The van der Waals surface area contributed by atoms with E-state index >= 15 is 0 Å².